The molecule has 2 unspecified atom stereocenters. The topological polar surface area (TPSA) is 12.0 Å². The first-order valence-electron chi connectivity index (χ1n) is 6.55. The highest BCUT2D eigenvalue weighted by Gasteiger charge is 2.18. The van der Waals surface area contributed by atoms with Gasteiger partial charge in [-0.2, -0.15) is 0 Å². The molecule has 0 heterocycles. The molecule has 0 amide bonds. The van der Waals surface area contributed by atoms with Gasteiger partial charge in [-0.3, -0.25) is 0 Å². The predicted molar refractivity (Wildman–Crippen MR) is 87.8 cm³/mol. The summed E-state index contributed by atoms with van der Waals surface area (Å²) in [7, 11) is 0. The summed E-state index contributed by atoms with van der Waals surface area (Å²) >= 11 is 18.2. The number of nitrogens with one attached hydrogen (secondary N) is 1. The number of hydrogen-bond donors (Lipinski definition) is 1. The molecular weight excluding hydrogens is 332 g/mol. The SMILES string of the molecule is CC(NC(C)c1ccc(Cl)c(Cl)c1Cl)c1ccccc1F. The summed E-state index contributed by atoms with van der Waals surface area (Å²) in [5.74, 6) is -0.232. The Bertz CT molecular complexity index is 645. The standard InChI is InChI=1S/C16H15Cl3FN/c1-9(11-5-3-4-6-14(11)20)21-10(2)12-7-8-13(17)16(19)15(12)18/h3-10,21H,1-2H3. The maximum atomic E-state index is 13.8. The lowest BCUT2D eigenvalue weighted by atomic mass is 10.0. The van der Waals surface area contributed by atoms with Crippen molar-refractivity contribution in [2.75, 3.05) is 0 Å². The fourth-order valence-corrected chi connectivity index (χ4v) is 2.96. The minimum absolute atomic E-state index is 0.0955. The highest BCUT2D eigenvalue weighted by atomic mass is 35.5. The Morgan fingerprint density at radius 3 is 2.14 bits per heavy atom. The molecule has 0 radical (unpaired) electrons. The molecule has 1 nitrogen and oxygen atoms in total. The molecule has 0 saturated heterocycles. The number of benzene rings is 2. The summed E-state index contributed by atoms with van der Waals surface area (Å²) in [4.78, 5) is 0. The van der Waals surface area contributed by atoms with Gasteiger partial charge in [0.15, 0.2) is 0 Å². The van der Waals surface area contributed by atoms with Crippen molar-refractivity contribution in [2.24, 2.45) is 0 Å². The Labute approximate surface area is 139 Å². The summed E-state index contributed by atoms with van der Waals surface area (Å²) in [5.41, 5.74) is 1.44. The van der Waals surface area contributed by atoms with Gasteiger partial charge < -0.3 is 5.32 Å². The van der Waals surface area contributed by atoms with Crippen LogP contribution in [0.15, 0.2) is 36.4 Å². The average Bonchev–Trinajstić information content (AvgIpc) is 2.45. The Morgan fingerprint density at radius 2 is 1.48 bits per heavy atom. The molecule has 0 fully saturated rings. The molecule has 0 aliphatic heterocycles. The molecule has 0 spiro atoms. The molecule has 2 aromatic carbocycles. The van der Waals surface area contributed by atoms with Crippen LogP contribution in [0.4, 0.5) is 4.39 Å². The molecule has 0 bridgehead atoms. The van der Waals surface area contributed by atoms with Crippen LogP contribution in [-0.4, -0.2) is 0 Å². The second-order valence-electron chi connectivity index (χ2n) is 4.90. The molecule has 112 valence electrons. The predicted octanol–water partition coefficient (Wildman–Crippen LogP) is 6.20. The Balaban J connectivity index is 2.20. The number of hydrogen-bond acceptors (Lipinski definition) is 1. The third kappa shape index (κ3) is 3.70. The first kappa shape index (κ1) is 16.6. The van der Waals surface area contributed by atoms with Crippen molar-refractivity contribution in [1.82, 2.24) is 5.32 Å². The van der Waals surface area contributed by atoms with Crippen molar-refractivity contribution in [2.45, 2.75) is 25.9 Å². The van der Waals surface area contributed by atoms with E-state index in [2.05, 4.69) is 5.32 Å². The molecule has 0 aliphatic rings. The summed E-state index contributed by atoms with van der Waals surface area (Å²) in [5, 5.41) is 4.49. The Kier molecular flexibility index (Phi) is 5.50. The van der Waals surface area contributed by atoms with Crippen molar-refractivity contribution in [3.8, 4) is 0 Å². The average molecular weight is 347 g/mol. The lowest BCUT2D eigenvalue weighted by Gasteiger charge is -2.22. The first-order valence-corrected chi connectivity index (χ1v) is 7.69. The monoisotopic (exact) mass is 345 g/mol. The van der Waals surface area contributed by atoms with E-state index in [1.54, 1.807) is 18.2 Å². The van der Waals surface area contributed by atoms with Crippen molar-refractivity contribution < 1.29 is 4.39 Å². The Hall–Kier alpha value is -0.800. The van der Waals surface area contributed by atoms with Crippen LogP contribution >= 0.6 is 34.8 Å². The van der Waals surface area contributed by atoms with E-state index in [1.807, 2.05) is 26.0 Å². The quantitative estimate of drug-likeness (QED) is 0.650. The van der Waals surface area contributed by atoms with E-state index in [-0.39, 0.29) is 17.9 Å². The van der Waals surface area contributed by atoms with E-state index in [0.717, 1.165) is 5.56 Å². The summed E-state index contributed by atoms with van der Waals surface area (Å²) in [6, 6.07) is 9.96. The van der Waals surface area contributed by atoms with Crippen LogP contribution in [-0.2, 0) is 0 Å². The van der Waals surface area contributed by atoms with Crippen LogP contribution in [0.5, 0.6) is 0 Å². The van der Waals surface area contributed by atoms with Crippen LogP contribution < -0.4 is 5.32 Å². The molecule has 2 atom stereocenters. The zero-order valence-corrected chi connectivity index (χ0v) is 13.9. The normalized spacial score (nSPS) is 14.0. The largest absolute Gasteiger partial charge is 0.303 e. The third-order valence-corrected chi connectivity index (χ3v) is 4.71. The fraction of sp³-hybridized carbons (Fsp3) is 0.250. The van der Waals surface area contributed by atoms with E-state index in [0.29, 0.717) is 20.6 Å². The summed E-state index contributed by atoms with van der Waals surface area (Å²) in [6.45, 7) is 3.85. The van der Waals surface area contributed by atoms with Gasteiger partial charge in [-0.15, -0.1) is 0 Å². The molecule has 1 N–H and O–H groups in total. The van der Waals surface area contributed by atoms with Crippen molar-refractivity contribution in [3.63, 3.8) is 0 Å². The maximum Gasteiger partial charge on any atom is 0.127 e. The van der Waals surface area contributed by atoms with Crippen LogP contribution in [0.2, 0.25) is 15.1 Å². The third-order valence-electron chi connectivity index (χ3n) is 3.40. The van der Waals surface area contributed by atoms with Crippen molar-refractivity contribution in [3.05, 3.63) is 68.4 Å². The van der Waals surface area contributed by atoms with Gasteiger partial charge >= 0.3 is 0 Å². The van der Waals surface area contributed by atoms with Crippen molar-refractivity contribution >= 4 is 34.8 Å². The van der Waals surface area contributed by atoms with Crippen molar-refractivity contribution in [1.29, 1.82) is 0 Å². The van der Waals surface area contributed by atoms with E-state index >= 15 is 0 Å². The van der Waals surface area contributed by atoms with Crippen LogP contribution in [0.1, 0.15) is 37.1 Å². The molecule has 5 heteroatoms. The second kappa shape index (κ2) is 6.97. The van der Waals surface area contributed by atoms with Gasteiger partial charge in [-0.05, 0) is 31.5 Å². The first-order chi connectivity index (χ1) is 9.91. The zero-order chi connectivity index (χ0) is 15.6. The van der Waals surface area contributed by atoms with E-state index in [1.165, 1.54) is 6.07 Å². The van der Waals surface area contributed by atoms with Gasteiger partial charge in [0.1, 0.15) is 5.82 Å². The summed E-state index contributed by atoms with van der Waals surface area (Å²) in [6.07, 6.45) is 0. The molecule has 2 aromatic rings. The van der Waals surface area contributed by atoms with Gasteiger partial charge in [-0.25, -0.2) is 4.39 Å². The lowest BCUT2D eigenvalue weighted by Crippen LogP contribution is -2.23. The van der Waals surface area contributed by atoms with Gasteiger partial charge in [-0.1, -0.05) is 59.1 Å². The summed E-state index contributed by atoms with van der Waals surface area (Å²) < 4.78 is 13.8. The molecule has 21 heavy (non-hydrogen) atoms. The van der Waals surface area contributed by atoms with Gasteiger partial charge in [0.2, 0.25) is 0 Å². The van der Waals surface area contributed by atoms with Crippen LogP contribution in [0.3, 0.4) is 0 Å². The van der Waals surface area contributed by atoms with E-state index in [9.17, 15) is 4.39 Å². The molecule has 0 aliphatic carbocycles. The smallest absolute Gasteiger partial charge is 0.127 e. The minimum Gasteiger partial charge on any atom is -0.303 e. The molecular formula is C16H15Cl3FN. The van der Waals surface area contributed by atoms with Crippen LogP contribution in [0, 0.1) is 5.82 Å². The van der Waals surface area contributed by atoms with Crippen LogP contribution in [0.25, 0.3) is 0 Å². The Morgan fingerprint density at radius 1 is 0.857 bits per heavy atom. The maximum absolute atomic E-state index is 13.8. The van der Waals surface area contributed by atoms with Gasteiger partial charge in [0, 0.05) is 17.6 Å². The minimum atomic E-state index is -0.232. The lowest BCUT2D eigenvalue weighted by molar-refractivity contribution is 0.474. The second-order valence-corrected chi connectivity index (χ2v) is 6.06. The molecule has 0 aromatic heterocycles. The highest BCUT2D eigenvalue weighted by molar-refractivity contribution is 6.48. The highest BCUT2D eigenvalue weighted by Crippen LogP contribution is 2.36. The number of rotatable bonds is 4. The van der Waals surface area contributed by atoms with E-state index in [4.69, 9.17) is 34.8 Å². The molecule has 0 saturated carbocycles. The van der Waals surface area contributed by atoms with Gasteiger partial charge in [0.05, 0.1) is 15.1 Å². The molecule has 2 rings (SSSR count). The fourth-order valence-electron chi connectivity index (χ4n) is 2.26. The van der Waals surface area contributed by atoms with Gasteiger partial charge in [0.25, 0.3) is 0 Å². The van der Waals surface area contributed by atoms with E-state index < -0.39 is 0 Å². The number of halogens is 4. The zero-order valence-electron chi connectivity index (χ0n) is 11.6.